The third-order valence-corrected chi connectivity index (χ3v) is 6.12. The van der Waals surface area contributed by atoms with Crippen molar-refractivity contribution in [3.63, 3.8) is 0 Å². The van der Waals surface area contributed by atoms with Crippen LogP contribution in [-0.4, -0.2) is 35.5 Å². The van der Waals surface area contributed by atoms with Gasteiger partial charge in [0.1, 0.15) is 11.5 Å². The number of Topliss-reactive ketones (excluding diaryl/α,β-unsaturated/α-hetero) is 1. The van der Waals surface area contributed by atoms with Gasteiger partial charge in [-0.2, -0.15) is 0 Å². The Morgan fingerprint density at radius 3 is 2.32 bits per heavy atom. The Bertz CT molecular complexity index is 1360. The molecule has 1 saturated heterocycles. The maximum atomic E-state index is 13.3. The Kier molecular flexibility index (Phi) is 7.64. The number of hydrogen-bond donors (Lipinski definition) is 1. The first-order valence-electron chi connectivity index (χ1n) is 11.8. The Balaban J connectivity index is 1.84. The third kappa shape index (κ3) is 5.22. The molecule has 1 fully saturated rings. The van der Waals surface area contributed by atoms with E-state index in [1.54, 1.807) is 62.4 Å². The minimum atomic E-state index is -0.929. The number of aliphatic hydroxyl groups excluding tert-OH is 1. The molecule has 7 nitrogen and oxygen atoms in total. The van der Waals surface area contributed by atoms with Gasteiger partial charge in [0.15, 0.2) is 0 Å². The van der Waals surface area contributed by atoms with E-state index in [2.05, 4.69) is 0 Å². The number of halogens is 1. The molecule has 0 aliphatic carbocycles. The van der Waals surface area contributed by atoms with Crippen molar-refractivity contribution in [1.82, 2.24) is 0 Å². The number of carbonyl (C=O) groups excluding carboxylic acids is 3. The van der Waals surface area contributed by atoms with Crippen molar-refractivity contribution in [2.75, 3.05) is 11.5 Å². The molecule has 1 aliphatic heterocycles. The molecule has 37 heavy (non-hydrogen) atoms. The zero-order valence-corrected chi connectivity index (χ0v) is 21.4. The lowest BCUT2D eigenvalue weighted by Gasteiger charge is -2.25. The molecule has 1 atom stereocenters. The Morgan fingerprint density at radius 2 is 1.70 bits per heavy atom. The van der Waals surface area contributed by atoms with Crippen LogP contribution in [0.5, 0.6) is 5.75 Å². The lowest BCUT2D eigenvalue weighted by Crippen LogP contribution is -2.29. The summed E-state index contributed by atoms with van der Waals surface area (Å²) in [5.74, 6) is -2.11. The van der Waals surface area contributed by atoms with E-state index in [9.17, 15) is 19.5 Å². The van der Waals surface area contributed by atoms with Gasteiger partial charge < -0.3 is 14.6 Å². The Morgan fingerprint density at radius 1 is 1.03 bits per heavy atom. The second-order valence-corrected chi connectivity index (χ2v) is 9.06. The van der Waals surface area contributed by atoms with Crippen LogP contribution in [0.2, 0.25) is 5.02 Å². The number of benzene rings is 3. The molecule has 4 rings (SSSR count). The van der Waals surface area contributed by atoms with E-state index in [0.29, 0.717) is 29.2 Å². The molecule has 1 heterocycles. The van der Waals surface area contributed by atoms with Crippen molar-refractivity contribution in [2.24, 2.45) is 0 Å². The minimum absolute atomic E-state index is 0.102. The molecule has 190 valence electrons. The quantitative estimate of drug-likeness (QED) is 0.180. The maximum absolute atomic E-state index is 13.3. The van der Waals surface area contributed by atoms with Gasteiger partial charge in [-0.3, -0.25) is 14.5 Å². The summed E-state index contributed by atoms with van der Waals surface area (Å²) in [6, 6.07) is 18.9. The number of ketones is 1. The second-order valence-electron chi connectivity index (χ2n) is 8.66. The van der Waals surface area contributed by atoms with Gasteiger partial charge in [-0.15, -0.1) is 0 Å². The zero-order valence-electron chi connectivity index (χ0n) is 20.6. The average molecular weight is 520 g/mol. The fraction of sp³-hybridized carbons (Fsp3) is 0.207. The first-order valence-corrected chi connectivity index (χ1v) is 12.2. The van der Waals surface area contributed by atoms with Crippen LogP contribution in [0.15, 0.2) is 78.4 Å². The van der Waals surface area contributed by atoms with Crippen LogP contribution in [0.4, 0.5) is 5.69 Å². The molecule has 8 heteroatoms. The monoisotopic (exact) mass is 519 g/mol. The maximum Gasteiger partial charge on any atom is 0.338 e. The number of hydrogen-bond acceptors (Lipinski definition) is 6. The van der Waals surface area contributed by atoms with Crippen LogP contribution in [0.1, 0.15) is 48.3 Å². The van der Waals surface area contributed by atoms with Gasteiger partial charge >= 0.3 is 5.97 Å². The summed E-state index contributed by atoms with van der Waals surface area (Å²) in [4.78, 5) is 40.3. The summed E-state index contributed by atoms with van der Waals surface area (Å²) in [7, 11) is 0. The number of aliphatic hydroxyl groups is 1. The largest absolute Gasteiger partial charge is 0.507 e. The highest BCUT2D eigenvalue weighted by atomic mass is 35.5. The summed E-state index contributed by atoms with van der Waals surface area (Å²) in [6.07, 6.45) is -0.281. The van der Waals surface area contributed by atoms with E-state index in [-0.39, 0.29) is 22.3 Å². The molecule has 1 unspecified atom stereocenters. The number of esters is 1. The van der Waals surface area contributed by atoms with Gasteiger partial charge in [-0.1, -0.05) is 41.9 Å². The second kappa shape index (κ2) is 10.9. The number of amides is 1. The van der Waals surface area contributed by atoms with Gasteiger partial charge in [0, 0.05) is 11.3 Å². The normalized spacial score (nSPS) is 16.8. The van der Waals surface area contributed by atoms with Crippen LogP contribution in [0.3, 0.4) is 0 Å². The molecule has 1 aliphatic rings. The molecule has 3 aromatic carbocycles. The van der Waals surface area contributed by atoms with Crippen molar-refractivity contribution in [3.8, 4) is 5.75 Å². The highest BCUT2D eigenvalue weighted by Gasteiger charge is 2.47. The minimum Gasteiger partial charge on any atom is -0.507 e. The summed E-state index contributed by atoms with van der Waals surface area (Å²) in [5.41, 5.74) is 1.38. The number of nitrogens with zero attached hydrogens (tertiary/aromatic N) is 1. The molecular formula is C29H26ClNO6. The van der Waals surface area contributed by atoms with E-state index < -0.39 is 29.5 Å². The SMILES string of the molecule is CCOc1ccc(Cl)c(/C(O)=C2\C(=O)C(=O)N(c3ccc(C(=O)OC(C)C)cc3)C2c2ccccc2)c1. The lowest BCUT2D eigenvalue weighted by atomic mass is 9.95. The van der Waals surface area contributed by atoms with Crippen molar-refractivity contribution in [2.45, 2.75) is 32.9 Å². The number of rotatable bonds is 7. The highest BCUT2D eigenvalue weighted by Crippen LogP contribution is 2.43. The fourth-order valence-electron chi connectivity index (χ4n) is 4.18. The van der Waals surface area contributed by atoms with E-state index in [0.717, 1.165) is 0 Å². The van der Waals surface area contributed by atoms with Crippen molar-refractivity contribution in [3.05, 3.63) is 100 Å². The van der Waals surface area contributed by atoms with E-state index in [4.69, 9.17) is 21.1 Å². The van der Waals surface area contributed by atoms with Gasteiger partial charge in [0.25, 0.3) is 11.7 Å². The molecule has 0 saturated carbocycles. The van der Waals surface area contributed by atoms with Crippen LogP contribution in [-0.2, 0) is 14.3 Å². The molecule has 0 bridgehead atoms. The number of anilines is 1. The smallest absolute Gasteiger partial charge is 0.338 e. The van der Waals surface area contributed by atoms with Gasteiger partial charge in [-0.05, 0) is 68.8 Å². The number of ether oxygens (including phenoxy) is 2. The van der Waals surface area contributed by atoms with Crippen LogP contribution in [0.25, 0.3) is 5.76 Å². The molecule has 1 N–H and O–H groups in total. The predicted octanol–water partition coefficient (Wildman–Crippen LogP) is 5.93. The first-order chi connectivity index (χ1) is 17.7. The molecule has 3 aromatic rings. The number of carbonyl (C=O) groups is 3. The fourth-order valence-corrected chi connectivity index (χ4v) is 4.38. The summed E-state index contributed by atoms with van der Waals surface area (Å²) < 4.78 is 10.8. The molecule has 0 aromatic heterocycles. The van der Waals surface area contributed by atoms with E-state index in [1.807, 2.05) is 13.0 Å². The first kappa shape index (κ1) is 26.0. The summed E-state index contributed by atoms with van der Waals surface area (Å²) in [5, 5.41) is 11.6. The van der Waals surface area contributed by atoms with Gasteiger partial charge in [0.2, 0.25) is 0 Å². The standard InChI is InChI=1S/C29H26ClNO6/c1-4-36-21-14-15-23(30)22(16-21)26(32)24-25(18-8-6-5-7-9-18)31(28(34)27(24)33)20-12-10-19(11-13-20)29(35)37-17(2)3/h5-17,25,32H,4H2,1-3H3/b26-24+. The third-order valence-electron chi connectivity index (χ3n) is 5.79. The summed E-state index contributed by atoms with van der Waals surface area (Å²) >= 11 is 6.38. The van der Waals surface area contributed by atoms with E-state index >= 15 is 0 Å². The van der Waals surface area contributed by atoms with Crippen LogP contribution < -0.4 is 9.64 Å². The van der Waals surface area contributed by atoms with Gasteiger partial charge in [-0.25, -0.2) is 4.79 Å². The van der Waals surface area contributed by atoms with Crippen molar-refractivity contribution >= 4 is 40.7 Å². The lowest BCUT2D eigenvalue weighted by molar-refractivity contribution is -0.132. The predicted molar refractivity (Wildman–Crippen MR) is 141 cm³/mol. The molecule has 0 spiro atoms. The molecule has 1 amide bonds. The van der Waals surface area contributed by atoms with Crippen molar-refractivity contribution < 1.29 is 29.0 Å². The van der Waals surface area contributed by atoms with Crippen LogP contribution >= 0.6 is 11.6 Å². The average Bonchev–Trinajstić information content (AvgIpc) is 3.15. The van der Waals surface area contributed by atoms with Crippen molar-refractivity contribution in [1.29, 1.82) is 0 Å². The Hall–Kier alpha value is -4.10. The topological polar surface area (TPSA) is 93.1 Å². The zero-order chi connectivity index (χ0) is 26.7. The highest BCUT2D eigenvalue weighted by molar-refractivity contribution is 6.52. The van der Waals surface area contributed by atoms with E-state index in [1.165, 1.54) is 23.1 Å². The van der Waals surface area contributed by atoms with Gasteiger partial charge in [0.05, 0.1) is 34.9 Å². The van der Waals surface area contributed by atoms with Crippen LogP contribution in [0, 0.1) is 0 Å². The Labute approximate surface area is 219 Å². The summed E-state index contributed by atoms with van der Waals surface area (Å²) in [6.45, 7) is 5.73. The molecular weight excluding hydrogens is 494 g/mol. The molecule has 0 radical (unpaired) electrons.